The van der Waals surface area contributed by atoms with Crippen LogP contribution in [0.1, 0.15) is 68.3 Å². The summed E-state index contributed by atoms with van der Waals surface area (Å²) in [5.74, 6) is -4.15. The molecule has 320 valence electrons. The number of carboxylic acid groups (broad SMARTS) is 2. The van der Waals surface area contributed by atoms with Crippen molar-refractivity contribution in [3.05, 3.63) is 95.8 Å². The topological polar surface area (TPSA) is 137 Å². The summed E-state index contributed by atoms with van der Waals surface area (Å²) in [5.41, 5.74) is 8.14. The van der Waals surface area contributed by atoms with Crippen LogP contribution in [0.4, 0.5) is 37.7 Å². The highest BCUT2D eigenvalue weighted by atomic mass is 19.4. The van der Waals surface area contributed by atoms with Crippen molar-refractivity contribution in [1.29, 1.82) is 0 Å². The maximum Gasteiger partial charge on any atom is 0.490 e. The number of halogens is 6. The Kier molecular flexibility index (Phi) is 18.5. The number of hydrogen-bond acceptors (Lipinski definition) is 8. The van der Waals surface area contributed by atoms with Gasteiger partial charge in [-0.25, -0.2) is 4.79 Å². The fourth-order valence-electron chi connectivity index (χ4n) is 6.20. The molecule has 16 heteroatoms. The smallest absolute Gasteiger partial charge is 0.490 e. The Balaban J connectivity index is 0.000000569. The Morgan fingerprint density at radius 3 is 1.64 bits per heavy atom. The van der Waals surface area contributed by atoms with Gasteiger partial charge in [-0.3, -0.25) is 4.98 Å². The molecule has 0 atom stereocenters. The number of pyridine rings is 2. The van der Waals surface area contributed by atoms with Gasteiger partial charge >= 0.3 is 18.3 Å². The van der Waals surface area contributed by atoms with E-state index in [0.717, 1.165) is 47.9 Å². The molecule has 0 spiro atoms. The molecule has 0 amide bonds. The second-order valence-corrected chi connectivity index (χ2v) is 13.6. The molecule has 0 fully saturated rings. The van der Waals surface area contributed by atoms with Gasteiger partial charge in [0.1, 0.15) is 17.5 Å². The molecule has 0 bridgehead atoms. The third-order valence-electron chi connectivity index (χ3n) is 9.07. The number of hydrogen-bond donors (Lipinski definition) is 3. The number of aliphatic carboxylic acids is 2. The number of aromatic nitrogens is 2. The van der Waals surface area contributed by atoms with Gasteiger partial charge in [0.2, 0.25) is 5.52 Å². The Hall–Kier alpha value is -5.80. The number of ether oxygens (including phenoxy) is 2. The molecule has 3 aromatic carbocycles. The van der Waals surface area contributed by atoms with Gasteiger partial charge in [-0.05, 0) is 50.1 Å². The number of methoxy groups -OCH3 is 2. The van der Waals surface area contributed by atoms with Gasteiger partial charge in [0.05, 0.1) is 30.8 Å². The summed E-state index contributed by atoms with van der Waals surface area (Å²) in [6, 6.07) is 27.6. The summed E-state index contributed by atoms with van der Waals surface area (Å²) in [6.07, 6.45) is -0.0647. The number of benzene rings is 3. The van der Waals surface area contributed by atoms with Crippen LogP contribution in [0.2, 0.25) is 0 Å². The highest BCUT2D eigenvalue weighted by molar-refractivity contribution is 5.91. The van der Waals surface area contributed by atoms with E-state index in [-0.39, 0.29) is 0 Å². The van der Waals surface area contributed by atoms with Crippen LogP contribution in [0.15, 0.2) is 78.9 Å². The molecule has 2 aromatic heterocycles. The zero-order valence-corrected chi connectivity index (χ0v) is 33.4. The highest BCUT2D eigenvalue weighted by Gasteiger charge is 2.38. The number of unbranched alkanes of at least 4 members (excludes halogenated alkanes) is 7. The van der Waals surface area contributed by atoms with Crippen molar-refractivity contribution in [1.82, 2.24) is 4.98 Å². The van der Waals surface area contributed by atoms with Crippen molar-refractivity contribution in [3.8, 4) is 11.5 Å². The lowest BCUT2D eigenvalue weighted by molar-refractivity contribution is -0.668. The lowest BCUT2D eigenvalue weighted by Gasteiger charge is -2.13. The van der Waals surface area contributed by atoms with Gasteiger partial charge in [-0.15, -0.1) is 0 Å². The van der Waals surface area contributed by atoms with E-state index in [1.807, 2.05) is 6.07 Å². The van der Waals surface area contributed by atoms with Crippen molar-refractivity contribution >= 4 is 45.1 Å². The number of alkyl halides is 6. The van der Waals surface area contributed by atoms with Gasteiger partial charge in [0.25, 0.3) is 0 Å². The van der Waals surface area contributed by atoms with Crippen molar-refractivity contribution in [2.24, 2.45) is 0 Å². The molecule has 5 rings (SSSR count). The molecule has 10 nitrogen and oxygen atoms in total. The minimum atomic E-state index is -5.19. The van der Waals surface area contributed by atoms with Crippen LogP contribution in [-0.2, 0) is 16.1 Å². The molecule has 2 heterocycles. The van der Waals surface area contributed by atoms with Crippen molar-refractivity contribution in [2.45, 2.75) is 84.1 Å². The van der Waals surface area contributed by atoms with Gasteiger partial charge < -0.3 is 35.1 Å². The van der Waals surface area contributed by atoms with Gasteiger partial charge in [0, 0.05) is 60.5 Å². The Morgan fingerprint density at radius 2 is 1.15 bits per heavy atom. The number of nitrogens with zero attached hydrogens (tertiary/aromatic N) is 2. The summed E-state index contributed by atoms with van der Waals surface area (Å²) in [6.45, 7) is 7.01. The molecule has 3 N–H and O–H groups in total. The third-order valence-corrected chi connectivity index (χ3v) is 9.07. The number of nitrogens with one attached hydrogen (secondary N) is 2. The van der Waals surface area contributed by atoms with Gasteiger partial charge in [-0.1, -0.05) is 68.9 Å². The van der Waals surface area contributed by atoms with Crippen LogP contribution >= 0.6 is 0 Å². The number of aryl methyl sites for hydroxylation is 2. The zero-order valence-electron chi connectivity index (χ0n) is 33.4. The molecule has 0 saturated carbocycles. The number of anilines is 2. The van der Waals surface area contributed by atoms with E-state index >= 15 is 0 Å². The van der Waals surface area contributed by atoms with E-state index in [1.165, 1.54) is 84.7 Å². The number of carboxylic acids is 2. The van der Waals surface area contributed by atoms with Crippen LogP contribution in [0.5, 0.6) is 11.5 Å². The molecule has 0 saturated heterocycles. The molecule has 0 aliphatic heterocycles. The minimum absolute atomic E-state index is 0.748. The van der Waals surface area contributed by atoms with E-state index < -0.39 is 24.3 Å². The monoisotopic (exact) mass is 832 g/mol. The molecule has 0 unspecified atom stereocenters. The maximum absolute atomic E-state index is 10.6. The number of carbonyl (C=O) groups excluding carboxylic acids is 1. The predicted octanol–water partition coefficient (Wildman–Crippen LogP) is 8.93. The first-order chi connectivity index (χ1) is 27.9. The van der Waals surface area contributed by atoms with Crippen LogP contribution < -0.4 is 29.8 Å². The third kappa shape index (κ3) is 15.8. The summed E-state index contributed by atoms with van der Waals surface area (Å²) < 4.78 is 76.7. The molecular weight excluding hydrogens is 782 g/mol. The molecular formula is C43H50F6N4O6. The van der Waals surface area contributed by atoms with E-state index in [9.17, 15) is 26.3 Å². The summed E-state index contributed by atoms with van der Waals surface area (Å²) in [5, 5.41) is 25.8. The fourth-order valence-corrected chi connectivity index (χ4v) is 6.20. The summed E-state index contributed by atoms with van der Waals surface area (Å²) in [7, 11) is 3.39. The van der Waals surface area contributed by atoms with Crippen LogP contribution in [-0.4, -0.2) is 61.7 Å². The van der Waals surface area contributed by atoms with Crippen LogP contribution in [0, 0.1) is 13.8 Å². The van der Waals surface area contributed by atoms with E-state index in [1.54, 1.807) is 14.2 Å². The first kappa shape index (κ1) is 47.6. The molecule has 0 aliphatic carbocycles. The predicted molar refractivity (Wildman–Crippen MR) is 213 cm³/mol. The second kappa shape index (κ2) is 23.0. The first-order valence-electron chi connectivity index (χ1n) is 19.0. The average molecular weight is 833 g/mol. The standard InChI is InChI=1S/C39H48N4O2.2C2HF3O2/c1-29-23-37(34-17-11-13-19-36(34)42-29)40-21-15-9-7-5-6-8-10-16-22-41-38-24-30(2)43(39-20-14-12-18-35(38)39)28-31-25-32(44-3)27-33(26-31)45-4;2*3-2(4,5)1(6)7/h11-14,17-20,23-27H,5-10,15-16,21-22,28H2,1-4H3,(H,40,42);2*(H,6,7). The molecule has 0 radical (unpaired) electrons. The average Bonchev–Trinajstić information content (AvgIpc) is 3.19. The van der Waals surface area contributed by atoms with Crippen molar-refractivity contribution in [2.75, 3.05) is 37.9 Å². The maximum atomic E-state index is 10.6. The van der Waals surface area contributed by atoms with E-state index in [4.69, 9.17) is 29.3 Å². The van der Waals surface area contributed by atoms with E-state index in [2.05, 4.69) is 107 Å². The van der Waals surface area contributed by atoms with E-state index in [0.29, 0.717) is 0 Å². The Morgan fingerprint density at radius 1 is 0.695 bits per heavy atom. The normalized spacial score (nSPS) is 11.2. The largest absolute Gasteiger partial charge is 0.542 e. The minimum Gasteiger partial charge on any atom is -0.542 e. The van der Waals surface area contributed by atoms with Crippen LogP contribution in [0.25, 0.3) is 21.8 Å². The number of carbonyl (C=O) groups is 2. The Labute approximate surface area is 339 Å². The van der Waals surface area contributed by atoms with Crippen LogP contribution in [0.3, 0.4) is 0 Å². The highest BCUT2D eigenvalue weighted by Crippen LogP contribution is 2.26. The number of para-hydroxylation sites is 2. The lowest BCUT2D eigenvalue weighted by Crippen LogP contribution is -2.38. The second-order valence-electron chi connectivity index (χ2n) is 13.6. The molecule has 59 heavy (non-hydrogen) atoms. The Bertz CT molecular complexity index is 2080. The summed E-state index contributed by atoms with van der Waals surface area (Å²) >= 11 is 0. The number of fused-ring (bicyclic) bond motifs is 2. The van der Waals surface area contributed by atoms with Crippen molar-refractivity contribution < 1.29 is 60.2 Å². The van der Waals surface area contributed by atoms with Gasteiger partial charge in [-0.2, -0.15) is 30.9 Å². The quantitative estimate of drug-likeness (QED) is 0.0477. The number of rotatable bonds is 17. The lowest BCUT2D eigenvalue weighted by atomic mass is 10.1. The SMILES string of the molecule is COc1cc(C[n+]2c(C)cc(NCCCCCCCCCCNc3cc(C)nc4ccccc34)c3ccccc32)cc(OC)c1.O=C(O)C(F)(F)F.O=C([O-])C(F)(F)F. The zero-order chi connectivity index (χ0) is 43.6. The first-order valence-corrected chi connectivity index (χ1v) is 19.0. The molecule has 0 aliphatic rings. The fraction of sp³-hybridized carbons (Fsp3) is 0.395. The molecule has 5 aromatic rings. The summed E-state index contributed by atoms with van der Waals surface area (Å²) in [4.78, 5) is 22.3. The van der Waals surface area contributed by atoms with Crippen molar-refractivity contribution in [3.63, 3.8) is 0 Å². The van der Waals surface area contributed by atoms with Gasteiger partial charge in [0.15, 0.2) is 12.2 Å².